The first-order chi connectivity index (χ1) is 8.93. The molecule has 0 radical (unpaired) electrons. The topological polar surface area (TPSA) is 55.6 Å². The number of carbonyl (C=O) groups excluding carboxylic acids is 1. The number of hydrogen-bond donors (Lipinski definition) is 1. The molecule has 0 saturated heterocycles. The fourth-order valence-electron chi connectivity index (χ4n) is 1.54. The Morgan fingerprint density at radius 2 is 2.00 bits per heavy atom. The van der Waals surface area contributed by atoms with E-state index in [2.05, 4.69) is 0 Å². The minimum Gasteiger partial charge on any atom is -0.490 e. The Labute approximate surface area is 131 Å². The highest BCUT2D eigenvalue weighted by atomic mass is 35.5. The van der Waals surface area contributed by atoms with Crippen LogP contribution in [0.15, 0.2) is 24.3 Å². The largest absolute Gasteiger partial charge is 0.490 e. The highest BCUT2D eigenvalue weighted by molar-refractivity contribution is 6.32. The number of nitrogens with two attached hydrogens (primary N) is 1. The van der Waals surface area contributed by atoms with E-state index in [1.54, 1.807) is 24.1 Å². The third-order valence-corrected chi connectivity index (χ3v) is 3.39. The third kappa shape index (κ3) is 5.57. The summed E-state index contributed by atoms with van der Waals surface area (Å²) in [5.74, 6) is 0.466. The van der Waals surface area contributed by atoms with Crippen molar-refractivity contribution in [3.63, 3.8) is 0 Å². The molecule has 2 N–H and O–H groups in total. The summed E-state index contributed by atoms with van der Waals surface area (Å²) in [7, 11) is 1.75. The van der Waals surface area contributed by atoms with Crippen molar-refractivity contribution in [3.05, 3.63) is 29.3 Å². The lowest BCUT2D eigenvalue weighted by Crippen LogP contribution is -2.41. The maximum atomic E-state index is 12.0. The van der Waals surface area contributed by atoms with Crippen molar-refractivity contribution >= 4 is 29.9 Å². The van der Waals surface area contributed by atoms with Crippen LogP contribution < -0.4 is 10.5 Å². The van der Waals surface area contributed by atoms with Crippen LogP contribution in [-0.4, -0.2) is 37.0 Å². The molecule has 0 aliphatic heterocycles. The highest BCUT2D eigenvalue weighted by Crippen LogP contribution is 2.22. The standard InChI is InChI=1S/C14H21ClN2O2.ClH/c1-10(11(2)16)14(18)17(3)8-9-19-13-7-5-4-6-12(13)15;/h4-7,10-11H,8-9,16H2,1-3H3;1H. The predicted molar refractivity (Wildman–Crippen MR) is 84.6 cm³/mol. The second-order valence-corrected chi connectivity index (χ2v) is 5.09. The summed E-state index contributed by atoms with van der Waals surface area (Å²) in [4.78, 5) is 13.6. The Hall–Kier alpha value is -0.970. The van der Waals surface area contributed by atoms with Crippen molar-refractivity contribution in [1.29, 1.82) is 0 Å². The number of likely N-dealkylation sites (N-methyl/N-ethyl adjacent to an activating group) is 1. The SMILES string of the molecule is CC(N)C(C)C(=O)N(C)CCOc1ccccc1Cl.Cl. The summed E-state index contributed by atoms with van der Waals surface area (Å²) in [5.41, 5.74) is 5.72. The summed E-state index contributed by atoms with van der Waals surface area (Å²) in [6, 6.07) is 7.11. The summed E-state index contributed by atoms with van der Waals surface area (Å²) < 4.78 is 5.54. The van der Waals surface area contributed by atoms with Gasteiger partial charge in [0.2, 0.25) is 5.91 Å². The fraction of sp³-hybridized carbons (Fsp3) is 0.500. The van der Waals surface area contributed by atoms with Crippen LogP contribution in [0.3, 0.4) is 0 Å². The average molecular weight is 321 g/mol. The molecule has 1 amide bonds. The van der Waals surface area contributed by atoms with Gasteiger partial charge in [-0.05, 0) is 19.1 Å². The quantitative estimate of drug-likeness (QED) is 0.876. The van der Waals surface area contributed by atoms with Gasteiger partial charge < -0.3 is 15.4 Å². The molecule has 2 atom stereocenters. The molecule has 114 valence electrons. The van der Waals surface area contributed by atoms with Gasteiger partial charge in [0.05, 0.1) is 17.5 Å². The fourth-order valence-corrected chi connectivity index (χ4v) is 1.73. The molecule has 0 spiro atoms. The van der Waals surface area contributed by atoms with Crippen LogP contribution in [0.4, 0.5) is 0 Å². The number of nitrogens with zero attached hydrogens (tertiary/aromatic N) is 1. The molecule has 0 saturated carbocycles. The van der Waals surface area contributed by atoms with E-state index in [0.29, 0.717) is 23.9 Å². The van der Waals surface area contributed by atoms with Crippen LogP contribution in [0.1, 0.15) is 13.8 Å². The lowest BCUT2D eigenvalue weighted by Gasteiger charge is -2.23. The molecule has 20 heavy (non-hydrogen) atoms. The molecule has 0 aliphatic carbocycles. The van der Waals surface area contributed by atoms with Crippen LogP contribution in [-0.2, 0) is 4.79 Å². The summed E-state index contributed by atoms with van der Waals surface area (Å²) in [6.45, 7) is 4.56. The Kier molecular flexibility index (Phi) is 8.62. The molecule has 1 aromatic rings. The Morgan fingerprint density at radius 3 is 2.55 bits per heavy atom. The second-order valence-electron chi connectivity index (χ2n) is 4.69. The monoisotopic (exact) mass is 320 g/mol. The molecule has 0 fully saturated rings. The molecule has 1 rings (SSSR count). The maximum absolute atomic E-state index is 12.0. The molecule has 0 heterocycles. The lowest BCUT2D eigenvalue weighted by molar-refractivity contribution is -0.134. The number of hydrogen-bond acceptors (Lipinski definition) is 3. The number of amides is 1. The van der Waals surface area contributed by atoms with Crippen LogP contribution in [0.2, 0.25) is 5.02 Å². The zero-order chi connectivity index (χ0) is 14.4. The minimum absolute atomic E-state index is 0. The van der Waals surface area contributed by atoms with E-state index in [9.17, 15) is 4.79 Å². The Bertz CT molecular complexity index is 427. The number of carbonyl (C=O) groups is 1. The molecule has 2 unspecified atom stereocenters. The van der Waals surface area contributed by atoms with Gasteiger partial charge >= 0.3 is 0 Å². The maximum Gasteiger partial charge on any atom is 0.226 e. The summed E-state index contributed by atoms with van der Waals surface area (Å²) in [6.07, 6.45) is 0. The molecule has 0 aromatic heterocycles. The summed E-state index contributed by atoms with van der Waals surface area (Å²) in [5, 5.41) is 0.570. The van der Waals surface area contributed by atoms with Gasteiger partial charge in [-0.2, -0.15) is 0 Å². The average Bonchev–Trinajstić information content (AvgIpc) is 2.38. The van der Waals surface area contributed by atoms with Gasteiger partial charge in [-0.25, -0.2) is 0 Å². The van der Waals surface area contributed by atoms with Crippen molar-refractivity contribution in [2.75, 3.05) is 20.2 Å². The summed E-state index contributed by atoms with van der Waals surface area (Å²) >= 11 is 5.97. The van der Waals surface area contributed by atoms with Crippen LogP contribution in [0.25, 0.3) is 0 Å². The van der Waals surface area contributed by atoms with E-state index in [1.165, 1.54) is 0 Å². The predicted octanol–water partition coefficient (Wildman–Crippen LogP) is 2.58. The van der Waals surface area contributed by atoms with Crippen LogP contribution in [0, 0.1) is 5.92 Å². The van der Waals surface area contributed by atoms with Gasteiger partial charge in [0.25, 0.3) is 0 Å². The van der Waals surface area contributed by atoms with Crippen molar-refractivity contribution < 1.29 is 9.53 Å². The van der Waals surface area contributed by atoms with Gasteiger partial charge in [0, 0.05) is 13.1 Å². The van der Waals surface area contributed by atoms with Crippen molar-refractivity contribution in [2.45, 2.75) is 19.9 Å². The van der Waals surface area contributed by atoms with Crippen LogP contribution >= 0.6 is 24.0 Å². The zero-order valence-electron chi connectivity index (χ0n) is 12.0. The molecular weight excluding hydrogens is 299 g/mol. The second kappa shape index (κ2) is 9.06. The Balaban J connectivity index is 0.00000361. The molecule has 0 aliphatic rings. The normalized spacial score (nSPS) is 13.1. The molecule has 0 bridgehead atoms. The van der Waals surface area contributed by atoms with E-state index in [0.717, 1.165) is 0 Å². The van der Waals surface area contributed by atoms with Gasteiger partial charge in [-0.3, -0.25) is 4.79 Å². The van der Waals surface area contributed by atoms with E-state index in [-0.39, 0.29) is 30.3 Å². The lowest BCUT2D eigenvalue weighted by atomic mass is 10.0. The molecule has 4 nitrogen and oxygen atoms in total. The van der Waals surface area contributed by atoms with E-state index in [1.807, 2.05) is 26.0 Å². The molecular formula is C14H22Cl2N2O2. The number of benzene rings is 1. The van der Waals surface area contributed by atoms with Gasteiger partial charge in [-0.15, -0.1) is 12.4 Å². The van der Waals surface area contributed by atoms with Crippen molar-refractivity contribution in [2.24, 2.45) is 11.7 Å². The van der Waals surface area contributed by atoms with Crippen LogP contribution in [0.5, 0.6) is 5.75 Å². The first-order valence-electron chi connectivity index (χ1n) is 6.31. The van der Waals surface area contributed by atoms with Gasteiger partial charge in [-0.1, -0.05) is 30.7 Å². The number of para-hydroxylation sites is 1. The minimum atomic E-state index is -0.190. The first-order valence-corrected chi connectivity index (χ1v) is 6.69. The number of rotatable bonds is 6. The number of halogens is 2. The Morgan fingerprint density at radius 1 is 1.40 bits per heavy atom. The van der Waals surface area contributed by atoms with E-state index >= 15 is 0 Å². The molecule has 6 heteroatoms. The molecule has 1 aromatic carbocycles. The van der Waals surface area contributed by atoms with E-state index in [4.69, 9.17) is 22.1 Å². The van der Waals surface area contributed by atoms with E-state index < -0.39 is 0 Å². The number of ether oxygens (including phenoxy) is 1. The first kappa shape index (κ1) is 19.0. The third-order valence-electron chi connectivity index (χ3n) is 3.08. The highest BCUT2D eigenvalue weighted by Gasteiger charge is 2.20. The van der Waals surface area contributed by atoms with Gasteiger partial charge in [0.15, 0.2) is 0 Å². The smallest absolute Gasteiger partial charge is 0.226 e. The van der Waals surface area contributed by atoms with Crippen molar-refractivity contribution in [1.82, 2.24) is 4.90 Å². The zero-order valence-corrected chi connectivity index (χ0v) is 13.6. The van der Waals surface area contributed by atoms with Crippen molar-refractivity contribution in [3.8, 4) is 5.75 Å². The van der Waals surface area contributed by atoms with Gasteiger partial charge in [0.1, 0.15) is 12.4 Å².